The molecular formula is C14H18BrFN2O2. The van der Waals surface area contributed by atoms with E-state index >= 15 is 0 Å². The molecule has 0 aliphatic carbocycles. The molecule has 110 valence electrons. The van der Waals surface area contributed by atoms with Gasteiger partial charge in [0.2, 0.25) is 0 Å². The second-order valence-electron chi connectivity index (χ2n) is 5.08. The van der Waals surface area contributed by atoms with Gasteiger partial charge in [0, 0.05) is 30.7 Å². The molecule has 0 unspecified atom stereocenters. The number of hydrogen-bond donors (Lipinski definition) is 1. The number of hydrogen-bond acceptors (Lipinski definition) is 3. The highest BCUT2D eigenvalue weighted by molar-refractivity contribution is 9.10. The fourth-order valence-electron chi connectivity index (χ4n) is 2.49. The Balaban J connectivity index is 1.92. The van der Waals surface area contributed by atoms with Crippen LogP contribution in [0.5, 0.6) is 0 Å². The van der Waals surface area contributed by atoms with Gasteiger partial charge < -0.3 is 5.11 Å². The highest BCUT2D eigenvalue weighted by Gasteiger charge is 2.17. The number of carbonyl (C=O) groups is 1. The van der Waals surface area contributed by atoms with Crippen LogP contribution in [0.1, 0.15) is 12.0 Å². The molecular weight excluding hydrogens is 327 g/mol. The first-order valence-electron chi connectivity index (χ1n) is 6.64. The number of carboxylic acids is 1. The normalized spacial score (nSPS) is 17.9. The van der Waals surface area contributed by atoms with E-state index in [4.69, 9.17) is 5.11 Å². The smallest absolute Gasteiger partial charge is 0.317 e. The van der Waals surface area contributed by atoms with E-state index in [2.05, 4.69) is 20.8 Å². The third-order valence-electron chi connectivity index (χ3n) is 3.37. The predicted octanol–water partition coefficient (Wildman–Crippen LogP) is 2.18. The average Bonchev–Trinajstić information content (AvgIpc) is 2.53. The monoisotopic (exact) mass is 344 g/mol. The lowest BCUT2D eigenvalue weighted by Gasteiger charge is -2.21. The predicted molar refractivity (Wildman–Crippen MR) is 78.1 cm³/mol. The van der Waals surface area contributed by atoms with Crippen molar-refractivity contribution in [2.24, 2.45) is 0 Å². The molecule has 0 saturated carbocycles. The summed E-state index contributed by atoms with van der Waals surface area (Å²) in [4.78, 5) is 14.9. The highest BCUT2D eigenvalue weighted by Crippen LogP contribution is 2.17. The Morgan fingerprint density at radius 2 is 1.90 bits per heavy atom. The quantitative estimate of drug-likeness (QED) is 0.909. The van der Waals surface area contributed by atoms with Gasteiger partial charge >= 0.3 is 5.97 Å². The molecule has 1 N–H and O–H groups in total. The summed E-state index contributed by atoms with van der Waals surface area (Å²) in [5, 5.41) is 8.82. The minimum Gasteiger partial charge on any atom is -0.480 e. The van der Waals surface area contributed by atoms with Crippen molar-refractivity contribution in [1.82, 2.24) is 9.80 Å². The molecule has 4 nitrogen and oxygen atoms in total. The third-order valence-corrected chi connectivity index (χ3v) is 3.83. The lowest BCUT2D eigenvalue weighted by Crippen LogP contribution is -2.34. The van der Waals surface area contributed by atoms with Gasteiger partial charge in [0.15, 0.2) is 0 Å². The number of benzene rings is 1. The summed E-state index contributed by atoms with van der Waals surface area (Å²) >= 11 is 3.30. The topological polar surface area (TPSA) is 43.8 Å². The van der Waals surface area contributed by atoms with Crippen LogP contribution in [0.3, 0.4) is 0 Å². The Labute approximate surface area is 126 Å². The molecule has 0 aromatic heterocycles. The van der Waals surface area contributed by atoms with Crippen molar-refractivity contribution in [1.29, 1.82) is 0 Å². The van der Waals surface area contributed by atoms with Crippen LogP contribution in [0.15, 0.2) is 22.7 Å². The van der Waals surface area contributed by atoms with Gasteiger partial charge in [0.25, 0.3) is 0 Å². The molecule has 6 heteroatoms. The van der Waals surface area contributed by atoms with E-state index in [1.165, 1.54) is 6.07 Å². The first-order valence-corrected chi connectivity index (χ1v) is 7.44. The van der Waals surface area contributed by atoms with Crippen molar-refractivity contribution in [3.05, 3.63) is 34.1 Å². The molecule has 1 saturated heterocycles. The Kier molecular flexibility index (Phi) is 5.51. The molecule has 0 amide bonds. The van der Waals surface area contributed by atoms with Crippen LogP contribution >= 0.6 is 15.9 Å². The van der Waals surface area contributed by atoms with Gasteiger partial charge in [0.05, 0.1) is 6.54 Å². The minimum atomic E-state index is -0.785. The minimum absolute atomic E-state index is 0.0966. The van der Waals surface area contributed by atoms with Gasteiger partial charge in [0.1, 0.15) is 5.82 Å². The molecule has 1 aliphatic heterocycles. The van der Waals surface area contributed by atoms with Crippen molar-refractivity contribution in [3.8, 4) is 0 Å². The SMILES string of the molecule is O=C(O)CN1CCCN(Cc2cc(F)cc(Br)c2)CC1. The Morgan fingerprint density at radius 1 is 1.20 bits per heavy atom. The molecule has 0 bridgehead atoms. The van der Waals surface area contributed by atoms with E-state index < -0.39 is 5.97 Å². The van der Waals surface area contributed by atoms with Crippen molar-refractivity contribution in [3.63, 3.8) is 0 Å². The summed E-state index contributed by atoms with van der Waals surface area (Å²) in [5.41, 5.74) is 0.934. The average molecular weight is 345 g/mol. The summed E-state index contributed by atoms with van der Waals surface area (Å²) in [5.74, 6) is -1.02. The van der Waals surface area contributed by atoms with Crippen LogP contribution in [0.4, 0.5) is 4.39 Å². The molecule has 2 rings (SSSR count). The molecule has 1 fully saturated rings. The molecule has 1 aliphatic rings. The van der Waals surface area contributed by atoms with Crippen molar-refractivity contribution in [2.75, 3.05) is 32.7 Å². The molecule has 0 atom stereocenters. The molecule has 1 aromatic carbocycles. The second-order valence-corrected chi connectivity index (χ2v) is 5.99. The number of nitrogens with zero attached hydrogens (tertiary/aromatic N) is 2. The highest BCUT2D eigenvalue weighted by atomic mass is 79.9. The van der Waals surface area contributed by atoms with Gasteiger partial charge in [-0.25, -0.2) is 4.39 Å². The molecule has 1 heterocycles. The largest absolute Gasteiger partial charge is 0.480 e. The number of carboxylic acid groups (broad SMARTS) is 1. The molecule has 20 heavy (non-hydrogen) atoms. The van der Waals surface area contributed by atoms with Crippen LogP contribution in [0.2, 0.25) is 0 Å². The zero-order valence-corrected chi connectivity index (χ0v) is 12.8. The maximum absolute atomic E-state index is 13.3. The van der Waals surface area contributed by atoms with E-state index in [9.17, 15) is 9.18 Å². The standard InChI is InChI=1S/C14H18BrFN2O2/c15-12-6-11(7-13(16)8-12)9-17-2-1-3-18(5-4-17)10-14(19)20/h6-8H,1-5,9-10H2,(H,19,20). The van der Waals surface area contributed by atoms with Gasteiger partial charge in [-0.15, -0.1) is 0 Å². The zero-order chi connectivity index (χ0) is 14.5. The lowest BCUT2D eigenvalue weighted by atomic mass is 10.2. The fourth-order valence-corrected chi connectivity index (χ4v) is 3.01. The van der Waals surface area contributed by atoms with Crippen LogP contribution in [0.25, 0.3) is 0 Å². The van der Waals surface area contributed by atoms with E-state index in [1.807, 2.05) is 11.0 Å². The fraction of sp³-hybridized carbons (Fsp3) is 0.500. The van der Waals surface area contributed by atoms with Gasteiger partial charge in [-0.05, 0) is 36.7 Å². The van der Waals surface area contributed by atoms with Crippen LogP contribution in [-0.2, 0) is 11.3 Å². The van der Waals surface area contributed by atoms with E-state index in [-0.39, 0.29) is 12.4 Å². The van der Waals surface area contributed by atoms with E-state index in [0.717, 1.165) is 42.6 Å². The Hall–Kier alpha value is -0.980. The molecule has 0 spiro atoms. The van der Waals surface area contributed by atoms with Crippen molar-refractivity contribution in [2.45, 2.75) is 13.0 Å². The van der Waals surface area contributed by atoms with Crippen LogP contribution < -0.4 is 0 Å². The van der Waals surface area contributed by atoms with Gasteiger partial charge in [-0.1, -0.05) is 15.9 Å². The summed E-state index contributed by atoms with van der Waals surface area (Å²) in [6.07, 6.45) is 0.934. The van der Waals surface area contributed by atoms with Crippen molar-refractivity contribution >= 4 is 21.9 Å². The van der Waals surface area contributed by atoms with Gasteiger partial charge in [-0.3, -0.25) is 14.6 Å². The first-order chi connectivity index (χ1) is 9.52. The second kappa shape index (κ2) is 7.15. The molecule has 1 aromatic rings. The lowest BCUT2D eigenvalue weighted by molar-refractivity contribution is -0.138. The maximum Gasteiger partial charge on any atom is 0.317 e. The summed E-state index contributed by atoms with van der Waals surface area (Å²) in [7, 11) is 0. The first kappa shape index (κ1) is 15.4. The number of halogens is 2. The summed E-state index contributed by atoms with van der Waals surface area (Å²) < 4.78 is 14.1. The van der Waals surface area contributed by atoms with Crippen LogP contribution in [-0.4, -0.2) is 53.6 Å². The zero-order valence-electron chi connectivity index (χ0n) is 11.2. The van der Waals surface area contributed by atoms with Gasteiger partial charge in [-0.2, -0.15) is 0 Å². The molecule has 0 radical (unpaired) electrons. The van der Waals surface area contributed by atoms with E-state index in [0.29, 0.717) is 6.54 Å². The third kappa shape index (κ3) is 4.85. The summed E-state index contributed by atoms with van der Waals surface area (Å²) in [6.45, 7) is 4.04. The number of aliphatic carboxylic acids is 1. The Morgan fingerprint density at radius 3 is 2.60 bits per heavy atom. The van der Waals surface area contributed by atoms with Crippen molar-refractivity contribution < 1.29 is 14.3 Å². The number of rotatable bonds is 4. The van der Waals surface area contributed by atoms with E-state index in [1.54, 1.807) is 6.07 Å². The van der Waals surface area contributed by atoms with Crippen LogP contribution in [0, 0.1) is 5.82 Å². The summed E-state index contributed by atoms with van der Waals surface area (Å²) in [6, 6.07) is 4.91. The maximum atomic E-state index is 13.3. The Bertz CT molecular complexity index is 464.